The Morgan fingerprint density at radius 1 is 0.952 bits per heavy atom. The van der Waals surface area contributed by atoms with Crippen molar-refractivity contribution in [1.82, 2.24) is 5.32 Å². The lowest BCUT2D eigenvalue weighted by atomic mass is 9.71. The fourth-order valence-corrected chi connectivity index (χ4v) is 5.90. The number of para-hydroxylation sites is 1. The molecule has 0 radical (unpaired) electrons. The summed E-state index contributed by atoms with van der Waals surface area (Å²) in [6.07, 6.45) is 0.849. The van der Waals surface area contributed by atoms with E-state index in [1.165, 1.54) is 0 Å². The zero-order chi connectivity index (χ0) is 30.0. The molecule has 3 aromatic rings. The zero-order valence-corrected chi connectivity index (χ0v) is 24.5. The number of carbonyl (C=O) groups excluding carboxylic acids is 2. The van der Waals surface area contributed by atoms with Crippen LogP contribution >= 0.6 is 0 Å². The van der Waals surface area contributed by atoms with Crippen LogP contribution in [0.15, 0.2) is 83.2 Å². The van der Waals surface area contributed by atoms with Crippen LogP contribution in [0.1, 0.15) is 55.2 Å². The van der Waals surface area contributed by atoms with E-state index in [1.54, 1.807) is 32.4 Å². The molecule has 3 N–H and O–H groups in total. The first-order valence-corrected chi connectivity index (χ1v) is 14.0. The third-order valence-corrected chi connectivity index (χ3v) is 7.96. The molecule has 0 saturated carbocycles. The van der Waals surface area contributed by atoms with E-state index in [1.807, 2.05) is 63.2 Å². The molecule has 0 spiro atoms. The molecule has 1 aliphatic heterocycles. The Bertz CT molecular complexity index is 1610. The first-order chi connectivity index (χ1) is 20.2. The van der Waals surface area contributed by atoms with Gasteiger partial charge in [-0.2, -0.15) is 0 Å². The number of hydrogen-bond donors (Lipinski definition) is 3. The number of aromatic hydroxyl groups is 1. The maximum absolute atomic E-state index is 14.0. The number of hydrogen-bond acceptors (Lipinski definition) is 7. The van der Waals surface area contributed by atoms with Crippen molar-refractivity contribution >= 4 is 17.4 Å². The molecule has 1 aliphatic carbocycles. The normalized spacial score (nSPS) is 18.3. The number of phenols is 1. The summed E-state index contributed by atoms with van der Waals surface area (Å²) in [5, 5.41) is 16.9. The average molecular weight is 569 g/mol. The topological polar surface area (TPSA) is 106 Å². The van der Waals surface area contributed by atoms with Crippen LogP contribution in [-0.4, -0.2) is 37.6 Å². The fourth-order valence-electron chi connectivity index (χ4n) is 5.90. The van der Waals surface area contributed by atoms with Crippen LogP contribution in [0.3, 0.4) is 0 Å². The standard InChI is InChI=1S/C34H36N2O6/c1-6-42-29-18-22(11-13-26(29)37)32-31(34(39)36-24-10-8-7-9-19(24)2)20(3)35-25-15-23(16-27(38)33(25)32)21-12-14-28(40-4)30(17-21)41-5/h7-14,17-18,23,32,35,37H,6,15-16H2,1-5H3,(H,36,39)/t23-,32+/m1/s1. The van der Waals surface area contributed by atoms with E-state index in [4.69, 9.17) is 14.2 Å². The maximum atomic E-state index is 14.0. The van der Waals surface area contributed by atoms with E-state index in [0.717, 1.165) is 16.8 Å². The predicted molar refractivity (Wildman–Crippen MR) is 161 cm³/mol. The molecular weight excluding hydrogens is 532 g/mol. The van der Waals surface area contributed by atoms with Crippen molar-refractivity contribution in [2.75, 3.05) is 26.1 Å². The van der Waals surface area contributed by atoms with Crippen LogP contribution in [0.5, 0.6) is 23.0 Å². The smallest absolute Gasteiger partial charge is 0.254 e. The summed E-state index contributed by atoms with van der Waals surface area (Å²) >= 11 is 0. The van der Waals surface area contributed by atoms with Gasteiger partial charge in [0.05, 0.1) is 20.8 Å². The van der Waals surface area contributed by atoms with Gasteiger partial charge in [-0.1, -0.05) is 30.3 Å². The van der Waals surface area contributed by atoms with Crippen LogP contribution in [0, 0.1) is 6.92 Å². The number of carbonyl (C=O) groups is 2. The lowest BCUT2D eigenvalue weighted by Gasteiger charge is -2.37. The summed E-state index contributed by atoms with van der Waals surface area (Å²) in [5.74, 6) is 0.453. The van der Waals surface area contributed by atoms with E-state index in [2.05, 4.69) is 10.6 Å². The van der Waals surface area contributed by atoms with Crippen LogP contribution < -0.4 is 24.8 Å². The van der Waals surface area contributed by atoms with Gasteiger partial charge in [0.1, 0.15) is 0 Å². The minimum Gasteiger partial charge on any atom is -0.504 e. The molecule has 0 unspecified atom stereocenters. The Labute approximate surface area is 246 Å². The summed E-state index contributed by atoms with van der Waals surface area (Å²) in [7, 11) is 3.18. The van der Waals surface area contributed by atoms with Gasteiger partial charge in [0.15, 0.2) is 28.8 Å². The van der Waals surface area contributed by atoms with Crippen molar-refractivity contribution in [3.8, 4) is 23.0 Å². The monoisotopic (exact) mass is 568 g/mol. The average Bonchev–Trinajstić information content (AvgIpc) is 2.98. The van der Waals surface area contributed by atoms with Crippen LogP contribution in [0.2, 0.25) is 0 Å². The van der Waals surface area contributed by atoms with Crippen molar-refractivity contribution in [3.63, 3.8) is 0 Å². The molecule has 0 aromatic heterocycles. The summed E-state index contributed by atoms with van der Waals surface area (Å²) in [4.78, 5) is 28.0. The highest BCUT2D eigenvalue weighted by Gasteiger charge is 2.41. The molecule has 0 bridgehead atoms. The highest BCUT2D eigenvalue weighted by atomic mass is 16.5. The second kappa shape index (κ2) is 12.0. The Morgan fingerprint density at radius 2 is 1.67 bits per heavy atom. The van der Waals surface area contributed by atoms with Gasteiger partial charge in [-0.05, 0) is 80.1 Å². The summed E-state index contributed by atoms with van der Waals surface area (Å²) in [5.41, 5.74) is 5.74. The predicted octanol–water partition coefficient (Wildman–Crippen LogP) is 6.12. The quantitative estimate of drug-likeness (QED) is 0.301. The van der Waals surface area contributed by atoms with Gasteiger partial charge in [0.25, 0.3) is 5.91 Å². The van der Waals surface area contributed by atoms with Crippen molar-refractivity contribution in [2.24, 2.45) is 0 Å². The number of methoxy groups -OCH3 is 2. The Morgan fingerprint density at radius 3 is 2.38 bits per heavy atom. The maximum Gasteiger partial charge on any atom is 0.254 e. The van der Waals surface area contributed by atoms with Crippen LogP contribution in [0.25, 0.3) is 0 Å². The molecule has 2 aliphatic rings. The van der Waals surface area contributed by atoms with E-state index < -0.39 is 5.92 Å². The van der Waals surface area contributed by atoms with Gasteiger partial charge in [-0.3, -0.25) is 9.59 Å². The first kappa shape index (κ1) is 28.8. The molecule has 42 heavy (non-hydrogen) atoms. The number of dihydropyridines is 1. The van der Waals surface area contributed by atoms with E-state index in [0.29, 0.717) is 58.4 Å². The molecule has 8 heteroatoms. The second-order valence-corrected chi connectivity index (χ2v) is 10.6. The van der Waals surface area contributed by atoms with Gasteiger partial charge in [0.2, 0.25) is 0 Å². The number of aryl methyl sites for hydroxylation is 1. The SMILES string of the molecule is CCOc1cc([C@H]2C(C(=O)Nc3ccccc3C)=C(C)NC3=C2C(=O)C[C@H](c2ccc(OC)c(OC)c2)C3)ccc1O. The molecule has 0 fully saturated rings. The molecule has 1 amide bonds. The number of allylic oxidation sites excluding steroid dienone is 3. The van der Waals surface area contributed by atoms with Crippen LogP contribution in [-0.2, 0) is 9.59 Å². The molecule has 1 heterocycles. The number of Topliss-reactive ketones (excluding diaryl/α,β-unsaturated/α-hetero) is 1. The Kier molecular flexibility index (Phi) is 8.24. The van der Waals surface area contributed by atoms with Crippen molar-refractivity contribution in [3.05, 3.63) is 99.9 Å². The Balaban J connectivity index is 1.58. The van der Waals surface area contributed by atoms with Crippen molar-refractivity contribution in [2.45, 2.75) is 45.4 Å². The lowest BCUT2D eigenvalue weighted by molar-refractivity contribution is -0.116. The third-order valence-electron chi connectivity index (χ3n) is 7.96. The molecule has 3 aromatic carbocycles. The molecule has 5 rings (SSSR count). The third kappa shape index (κ3) is 5.44. The molecule has 218 valence electrons. The van der Waals surface area contributed by atoms with Gasteiger partial charge in [-0.25, -0.2) is 0 Å². The zero-order valence-electron chi connectivity index (χ0n) is 24.5. The number of benzene rings is 3. The number of phenolic OH excluding ortho intramolecular Hbond substituents is 1. The van der Waals surface area contributed by atoms with Gasteiger partial charge < -0.3 is 30.0 Å². The van der Waals surface area contributed by atoms with E-state index in [9.17, 15) is 14.7 Å². The number of anilines is 1. The molecule has 0 saturated heterocycles. The summed E-state index contributed by atoms with van der Waals surface area (Å²) in [6, 6.07) is 18.3. The summed E-state index contributed by atoms with van der Waals surface area (Å²) in [6.45, 7) is 5.99. The minimum absolute atomic E-state index is 0.00108. The number of ether oxygens (including phenoxy) is 3. The van der Waals surface area contributed by atoms with Gasteiger partial charge in [-0.15, -0.1) is 0 Å². The Hall–Kier alpha value is -4.72. The first-order valence-electron chi connectivity index (χ1n) is 14.0. The number of nitrogens with one attached hydrogen (secondary N) is 2. The van der Waals surface area contributed by atoms with E-state index >= 15 is 0 Å². The second-order valence-electron chi connectivity index (χ2n) is 10.6. The van der Waals surface area contributed by atoms with E-state index in [-0.39, 0.29) is 29.8 Å². The van der Waals surface area contributed by atoms with Gasteiger partial charge in [0, 0.05) is 40.6 Å². The van der Waals surface area contributed by atoms with Crippen molar-refractivity contribution < 1.29 is 28.9 Å². The number of ketones is 1. The summed E-state index contributed by atoms with van der Waals surface area (Å²) < 4.78 is 16.6. The number of amides is 1. The molecule has 8 nitrogen and oxygen atoms in total. The van der Waals surface area contributed by atoms with Crippen molar-refractivity contribution in [1.29, 1.82) is 0 Å². The number of rotatable bonds is 8. The minimum atomic E-state index is -0.649. The highest BCUT2D eigenvalue weighted by molar-refractivity contribution is 6.10. The largest absolute Gasteiger partial charge is 0.504 e. The highest BCUT2D eigenvalue weighted by Crippen LogP contribution is 2.47. The van der Waals surface area contributed by atoms with Gasteiger partial charge >= 0.3 is 0 Å². The lowest BCUT2D eigenvalue weighted by Crippen LogP contribution is -2.37. The molecule has 2 atom stereocenters. The molecular formula is C34H36N2O6. The fraction of sp³-hybridized carbons (Fsp3) is 0.294. The van der Waals surface area contributed by atoms with Crippen LogP contribution in [0.4, 0.5) is 5.69 Å².